The zero-order valence-corrected chi connectivity index (χ0v) is 14.7. The first kappa shape index (κ1) is 18.5. The molecule has 0 saturated heterocycles. The minimum Gasteiger partial charge on any atom is -0.444 e. The zero-order valence-electron chi connectivity index (χ0n) is 14.0. The van der Waals surface area contributed by atoms with E-state index in [0.717, 1.165) is 25.0 Å². The fourth-order valence-corrected chi connectivity index (χ4v) is 2.89. The number of nitrogens with one attached hydrogen (secondary N) is 2. The second-order valence-corrected chi connectivity index (χ2v) is 7.42. The third-order valence-electron chi connectivity index (χ3n) is 3.61. The molecule has 1 aliphatic carbocycles. The molecular formula is C17H22ClFN2O3. The zero-order chi connectivity index (χ0) is 17.9. The summed E-state index contributed by atoms with van der Waals surface area (Å²) in [7, 11) is 0. The Morgan fingerprint density at radius 2 is 1.79 bits per heavy atom. The predicted octanol–water partition coefficient (Wildman–Crippen LogP) is 3.65. The highest BCUT2D eigenvalue weighted by Gasteiger charge is 2.28. The Morgan fingerprint density at radius 1 is 1.17 bits per heavy atom. The molecule has 1 aromatic carbocycles. The lowest BCUT2D eigenvalue weighted by Gasteiger charge is -2.21. The molecule has 1 saturated carbocycles. The second-order valence-electron chi connectivity index (χ2n) is 6.98. The van der Waals surface area contributed by atoms with Gasteiger partial charge in [0.25, 0.3) is 5.91 Å². The largest absolute Gasteiger partial charge is 0.444 e. The van der Waals surface area contributed by atoms with Crippen LogP contribution in [0.3, 0.4) is 0 Å². The summed E-state index contributed by atoms with van der Waals surface area (Å²) >= 11 is 5.76. The van der Waals surface area contributed by atoms with E-state index in [0.29, 0.717) is 6.42 Å². The van der Waals surface area contributed by atoms with Gasteiger partial charge in [0.1, 0.15) is 11.4 Å². The Labute approximate surface area is 145 Å². The molecule has 0 bridgehead atoms. The smallest absolute Gasteiger partial charge is 0.407 e. The van der Waals surface area contributed by atoms with Crippen LogP contribution in [0, 0.1) is 5.82 Å². The Morgan fingerprint density at radius 3 is 2.38 bits per heavy atom. The molecular weight excluding hydrogens is 335 g/mol. The number of carbonyl (C=O) groups is 2. The van der Waals surface area contributed by atoms with Crippen molar-refractivity contribution < 1.29 is 18.7 Å². The van der Waals surface area contributed by atoms with E-state index >= 15 is 0 Å². The van der Waals surface area contributed by atoms with E-state index < -0.39 is 17.5 Å². The Bertz CT molecular complexity index is 611. The van der Waals surface area contributed by atoms with Gasteiger partial charge in [-0.1, -0.05) is 11.6 Å². The molecule has 2 rings (SSSR count). The molecule has 5 nitrogen and oxygen atoms in total. The molecule has 1 aromatic rings. The number of alkyl carbamates (subject to hydrolysis) is 1. The van der Waals surface area contributed by atoms with Crippen LogP contribution in [-0.4, -0.2) is 29.7 Å². The summed E-state index contributed by atoms with van der Waals surface area (Å²) in [6.45, 7) is 5.40. The number of amides is 2. The van der Waals surface area contributed by atoms with E-state index in [-0.39, 0.29) is 28.6 Å². The van der Waals surface area contributed by atoms with Crippen molar-refractivity contribution in [3.05, 3.63) is 34.6 Å². The summed E-state index contributed by atoms with van der Waals surface area (Å²) < 4.78 is 18.5. The highest BCUT2D eigenvalue weighted by atomic mass is 35.5. The van der Waals surface area contributed by atoms with Crippen molar-refractivity contribution in [1.29, 1.82) is 0 Å². The van der Waals surface area contributed by atoms with Crippen molar-refractivity contribution >= 4 is 23.6 Å². The first-order valence-electron chi connectivity index (χ1n) is 7.89. The normalized spacial score (nSPS) is 20.5. The second kappa shape index (κ2) is 7.38. The Hall–Kier alpha value is -1.82. The standard InChI is InChI=1S/C17H22ClFN2O3/c1-17(2,3)24-16(23)21-14-5-4-13(9-14)20-15(22)10-6-11(18)8-12(19)7-10/h6-8,13-14H,4-5,9H2,1-3H3,(H,20,22)(H,21,23)/t13-,14-/m0/s1. The SMILES string of the molecule is CC(C)(C)OC(=O)N[C@H]1CC[C@H](NC(=O)c2cc(F)cc(Cl)c2)C1. The van der Waals surface area contributed by atoms with Gasteiger partial charge in [-0.25, -0.2) is 9.18 Å². The van der Waals surface area contributed by atoms with E-state index in [9.17, 15) is 14.0 Å². The molecule has 0 spiro atoms. The quantitative estimate of drug-likeness (QED) is 0.868. The molecule has 2 amide bonds. The summed E-state index contributed by atoms with van der Waals surface area (Å²) in [6.07, 6.45) is 1.62. The minimum atomic E-state index is -0.552. The van der Waals surface area contributed by atoms with Gasteiger partial charge < -0.3 is 15.4 Å². The van der Waals surface area contributed by atoms with Crippen LogP contribution in [0.5, 0.6) is 0 Å². The monoisotopic (exact) mass is 356 g/mol. The average molecular weight is 357 g/mol. The maximum atomic E-state index is 13.3. The van der Waals surface area contributed by atoms with Gasteiger partial charge in [0.15, 0.2) is 0 Å². The highest BCUT2D eigenvalue weighted by Crippen LogP contribution is 2.21. The number of hydrogen-bond donors (Lipinski definition) is 2. The first-order valence-corrected chi connectivity index (χ1v) is 8.26. The van der Waals surface area contributed by atoms with E-state index in [1.807, 2.05) is 0 Å². The fourth-order valence-electron chi connectivity index (χ4n) is 2.67. The highest BCUT2D eigenvalue weighted by molar-refractivity contribution is 6.31. The molecule has 1 fully saturated rings. The number of benzene rings is 1. The molecule has 7 heteroatoms. The number of ether oxygens (including phenoxy) is 1. The predicted molar refractivity (Wildman–Crippen MR) is 89.7 cm³/mol. The maximum absolute atomic E-state index is 13.3. The lowest BCUT2D eigenvalue weighted by Crippen LogP contribution is -2.39. The van der Waals surface area contributed by atoms with Crippen molar-refractivity contribution in [2.75, 3.05) is 0 Å². The number of hydrogen-bond acceptors (Lipinski definition) is 3. The molecule has 1 aliphatic rings. The molecule has 0 aromatic heterocycles. The van der Waals surface area contributed by atoms with Crippen LogP contribution in [0.2, 0.25) is 5.02 Å². The van der Waals surface area contributed by atoms with Crippen LogP contribution in [0.25, 0.3) is 0 Å². The number of rotatable bonds is 3. The van der Waals surface area contributed by atoms with Crippen molar-refractivity contribution in [2.45, 2.75) is 57.7 Å². The molecule has 24 heavy (non-hydrogen) atoms. The summed E-state index contributed by atoms with van der Waals surface area (Å²) in [4.78, 5) is 23.9. The lowest BCUT2D eigenvalue weighted by molar-refractivity contribution is 0.0505. The van der Waals surface area contributed by atoms with Crippen molar-refractivity contribution in [3.8, 4) is 0 Å². The van der Waals surface area contributed by atoms with Crippen LogP contribution in [0.4, 0.5) is 9.18 Å². The van der Waals surface area contributed by atoms with Gasteiger partial charge in [0.05, 0.1) is 0 Å². The summed E-state index contributed by atoms with van der Waals surface area (Å²) in [6, 6.07) is 3.58. The molecule has 132 valence electrons. The number of carbonyl (C=O) groups excluding carboxylic acids is 2. The van der Waals surface area contributed by atoms with Crippen molar-refractivity contribution in [2.24, 2.45) is 0 Å². The third kappa shape index (κ3) is 5.67. The van der Waals surface area contributed by atoms with E-state index in [1.165, 1.54) is 6.07 Å². The Balaban J connectivity index is 1.85. The van der Waals surface area contributed by atoms with Crippen LogP contribution in [0.15, 0.2) is 18.2 Å². The van der Waals surface area contributed by atoms with E-state index in [2.05, 4.69) is 10.6 Å². The van der Waals surface area contributed by atoms with E-state index in [1.54, 1.807) is 20.8 Å². The molecule has 2 N–H and O–H groups in total. The van der Waals surface area contributed by atoms with Crippen LogP contribution in [0.1, 0.15) is 50.4 Å². The molecule has 0 radical (unpaired) electrons. The summed E-state index contributed by atoms with van der Waals surface area (Å²) in [5.74, 6) is -0.928. The average Bonchev–Trinajstić information content (AvgIpc) is 2.82. The Kier molecular flexibility index (Phi) is 5.70. The van der Waals surface area contributed by atoms with Gasteiger partial charge in [0.2, 0.25) is 0 Å². The number of halogens is 2. The van der Waals surface area contributed by atoms with E-state index in [4.69, 9.17) is 16.3 Å². The van der Waals surface area contributed by atoms with Crippen molar-refractivity contribution in [1.82, 2.24) is 10.6 Å². The van der Waals surface area contributed by atoms with Crippen LogP contribution < -0.4 is 10.6 Å². The molecule has 0 heterocycles. The van der Waals surface area contributed by atoms with Crippen molar-refractivity contribution in [3.63, 3.8) is 0 Å². The molecule has 0 aliphatic heterocycles. The first-order chi connectivity index (χ1) is 11.1. The van der Waals surface area contributed by atoms with Crippen LogP contribution in [-0.2, 0) is 4.74 Å². The van der Waals surface area contributed by atoms with Gasteiger partial charge in [-0.15, -0.1) is 0 Å². The molecule has 0 unspecified atom stereocenters. The fraction of sp³-hybridized carbons (Fsp3) is 0.529. The summed E-state index contributed by atoms with van der Waals surface area (Å²) in [5, 5.41) is 5.82. The molecule has 2 atom stereocenters. The lowest BCUT2D eigenvalue weighted by atomic mass is 10.1. The maximum Gasteiger partial charge on any atom is 0.407 e. The third-order valence-corrected chi connectivity index (χ3v) is 3.83. The van der Waals surface area contributed by atoms with Gasteiger partial charge in [-0.2, -0.15) is 0 Å². The van der Waals surface area contributed by atoms with Gasteiger partial charge in [-0.05, 0) is 58.2 Å². The van der Waals surface area contributed by atoms with Gasteiger partial charge >= 0.3 is 6.09 Å². The topological polar surface area (TPSA) is 67.4 Å². The van der Waals surface area contributed by atoms with Gasteiger partial charge in [-0.3, -0.25) is 4.79 Å². The summed E-state index contributed by atoms with van der Waals surface area (Å²) in [5.41, 5.74) is -0.365. The minimum absolute atomic E-state index is 0.0544. The van der Waals surface area contributed by atoms with Gasteiger partial charge in [0, 0.05) is 22.7 Å². The van der Waals surface area contributed by atoms with Crippen LogP contribution >= 0.6 is 11.6 Å².